The standard InChI is InChI=1S/C20H23N3/c1-13-11-17(15-6-2-3-8-19(15)23-13)20(22)10-9-14-5-4-7-18(21)16(14)12-20/h2-3,6,8-9,11-12,18H,4-5,7,10,21-22H2,1H3. The quantitative estimate of drug-likeness (QED) is 0.848. The Morgan fingerprint density at radius 1 is 1.26 bits per heavy atom. The molecule has 23 heavy (non-hydrogen) atoms. The lowest BCUT2D eigenvalue weighted by Crippen LogP contribution is -2.40. The van der Waals surface area contributed by atoms with Crippen LogP contribution >= 0.6 is 0 Å². The minimum absolute atomic E-state index is 0.118. The monoisotopic (exact) mass is 305 g/mol. The molecule has 1 aromatic heterocycles. The number of nitrogens with zero attached hydrogens (tertiary/aromatic N) is 1. The molecule has 118 valence electrons. The Hall–Kier alpha value is -1.97. The Morgan fingerprint density at radius 3 is 2.96 bits per heavy atom. The molecule has 0 radical (unpaired) electrons. The first-order valence-corrected chi connectivity index (χ1v) is 8.40. The van der Waals surface area contributed by atoms with Crippen LogP contribution in [0.3, 0.4) is 0 Å². The van der Waals surface area contributed by atoms with Gasteiger partial charge in [-0.1, -0.05) is 30.4 Å². The van der Waals surface area contributed by atoms with Gasteiger partial charge in [0, 0.05) is 17.1 Å². The maximum atomic E-state index is 6.88. The van der Waals surface area contributed by atoms with Crippen molar-refractivity contribution in [3.8, 4) is 0 Å². The SMILES string of the molecule is Cc1cc(C2(N)C=C3C(=CC2)CCCC3N)c2ccccc2n1. The minimum Gasteiger partial charge on any atom is -0.324 e. The summed E-state index contributed by atoms with van der Waals surface area (Å²) in [7, 11) is 0. The molecule has 2 aliphatic carbocycles. The number of benzene rings is 1. The molecule has 0 spiro atoms. The van der Waals surface area contributed by atoms with Crippen LogP contribution in [-0.2, 0) is 5.54 Å². The number of aromatic nitrogens is 1. The van der Waals surface area contributed by atoms with E-state index in [1.807, 2.05) is 13.0 Å². The largest absolute Gasteiger partial charge is 0.324 e. The number of fused-ring (bicyclic) bond motifs is 2. The number of para-hydroxylation sites is 1. The second kappa shape index (κ2) is 5.29. The third-order valence-corrected chi connectivity index (χ3v) is 5.18. The molecule has 1 saturated carbocycles. The number of hydrogen-bond acceptors (Lipinski definition) is 3. The molecule has 3 heteroatoms. The Bertz CT molecular complexity index is 834. The predicted molar refractivity (Wildman–Crippen MR) is 95.0 cm³/mol. The fourth-order valence-corrected chi connectivity index (χ4v) is 3.98. The molecular formula is C20H23N3. The van der Waals surface area contributed by atoms with Gasteiger partial charge in [-0.05, 0) is 61.4 Å². The molecule has 4 rings (SSSR count). The molecule has 0 saturated heterocycles. The zero-order valence-corrected chi connectivity index (χ0v) is 13.5. The highest BCUT2D eigenvalue weighted by Gasteiger charge is 2.33. The molecule has 1 fully saturated rings. The van der Waals surface area contributed by atoms with Gasteiger partial charge in [0.05, 0.1) is 11.1 Å². The van der Waals surface area contributed by atoms with Crippen LogP contribution in [0.15, 0.2) is 53.6 Å². The van der Waals surface area contributed by atoms with Crippen LogP contribution in [0, 0.1) is 6.92 Å². The van der Waals surface area contributed by atoms with Gasteiger partial charge in [-0.15, -0.1) is 0 Å². The van der Waals surface area contributed by atoms with Crippen molar-refractivity contribution >= 4 is 10.9 Å². The third-order valence-electron chi connectivity index (χ3n) is 5.18. The van der Waals surface area contributed by atoms with Crippen molar-refractivity contribution in [1.82, 2.24) is 4.98 Å². The lowest BCUT2D eigenvalue weighted by molar-refractivity contribution is 0.521. The Morgan fingerprint density at radius 2 is 2.09 bits per heavy atom. The van der Waals surface area contributed by atoms with E-state index in [0.717, 1.165) is 41.4 Å². The van der Waals surface area contributed by atoms with E-state index in [0.29, 0.717) is 0 Å². The molecular weight excluding hydrogens is 282 g/mol. The van der Waals surface area contributed by atoms with Gasteiger partial charge in [-0.2, -0.15) is 0 Å². The molecule has 1 aromatic carbocycles. The molecule has 2 aromatic rings. The first-order chi connectivity index (χ1) is 11.1. The van der Waals surface area contributed by atoms with Crippen LogP contribution in [0.25, 0.3) is 10.9 Å². The van der Waals surface area contributed by atoms with Crippen molar-refractivity contribution in [1.29, 1.82) is 0 Å². The molecule has 0 aliphatic heterocycles. The Kier molecular flexibility index (Phi) is 3.36. The minimum atomic E-state index is -0.499. The molecule has 0 bridgehead atoms. The zero-order valence-electron chi connectivity index (χ0n) is 13.5. The molecule has 3 nitrogen and oxygen atoms in total. The highest BCUT2D eigenvalue weighted by molar-refractivity contribution is 5.84. The fraction of sp³-hybridized carbons (Fsp3) is 0.350. The summed E-state index contributed by atoms with van der Waals surface area (Å²) in [6, 6.07) is 10.5. The summed E-state index contributed by atoms with van der Waals surface area (Å²) in [4.78, 5) is 4.64. The van der Waals surface area contributed by atoms with Crippen LogP contribution in [0.1, 0.15) is 36.9 Å². The Labute approximate surface area is 137 Å². The molecule has 2 atom stereocenters. The van der Waals surface area contributed by atoms with E-state index in [9.17, 15) is 0 Å². The summed E-state index contributed by atoms with van der Waals surface area (Å²) in [6.07, 6.45) is 8.72. The number of nitrogens with two attached hydrogens (primary N) is 2. The van der Waals surface area contributed by atoms with Gasteiger partial charge in [0.1, 0.15) is 0 Å². The van der Waals surface area contributed by atoms with E-state index in [4.69, 9.17) is 11.5 Å². The van der Waals surface area contributed by atoms with E-state index in [1.165, 1.54) is 17.6 Å². The molecule has 4 N–H and O–H groups in total. The molecule has 2 unspecified atom stereocenters. The van der Waals surface area contributed by atoms with Gasteiger partial charge < -0.3 is 11.5 Å². The predicted octanol–water partition coefficient (Wildman–Crippen LogP) is 3.46. The summed E-state index contributed by atoms with van der Waals surface area (Å²) in [6.45, 7) is 2.03. The molecule has 0 amide bonds. The van der Waals surface area contributed by atoms with Crippen LogP contribution in [-0.4, -0.2) is 11.0 Å². The van der Waals surface area contributed by atoms with Crippen LogP contribution in [0.2, 0.25) is 0 Å². The van der Waals surface area contributed by atoms with Crippen molar-refractivity contribution in [2.24, 2.45) is 11.5 Å². The smallest absolute Gasteiger partial charge is 0.0708 e. The number of pyridine rings is 1. The van der Waals surface area contributed by atoms with Crippen LogP contribution in [0.4, 0.5) is 0 Å². The summed E-state index contributed by atoms with van der Waals surface area (Å²) < 4.78 is 0. The molecule has 2 aliphatic rings. The summed E-state index contributed by atoms with van der Waals surface area (Å²) in [5.74, 6) is 0. The lowest BCUT2D eigenvalue weighted by Gasteiger charge is -2.36. The van der Waals surface area contributed by atoms with Gasteiger partial charge >= 0.3 is 0 Å². The summed E-state index contributed by atoms with van der Waals surface area (Å²) >= 11 is 0. The second-order valence-corrected chi connectivity index (χ2v) is 6.90. The van der Waals surface area contributed by atoms with E-state index >= 15 is 0 Å². The highest BCUT2D eigenvalue weighted by Crippen LogP contribution is 2.40. The fourth-order valence-electron chi connectivity index (χ4n) is 3.98. The van der Waals surface area contributed by atoms with Crippen molar-refractivity contribution in [3.05, 3.63) is 64.9 Å². The van der Waals surface area contributed by atoms with Gasteiger partial charge in [0.2, 0.25) is 0 Å². The van der Waals surface area contributed by atoms with Crippen molar-refractivity contribution in [2.75, 3.05) is 0 Å². The topological polar surface area (TPSA) is 64.9 Å². The summed E-state index contributed by atoms with van der Waals surface area (Å²) in [5.41, 5.74) is 18.6. The van der Waals surface area contributed by atoms with Crippen LogP contribution < -0.4 is 11.5 Å². The van der Waals surface area contributed by atoms with E-state index in [1.54, 1.807) is 0 Å². The molecule has 1 heterocycles. The van der Waals surface area contributed by atoms with Gasteiger partial charge in [0.15, 0.2) is 0 Å². The van der Waals surface area contributed by atoms with E-state index < -0.39 is 5.54 Å². The average molecular weight is 305 g/mol. The highest BCUT2D eigenvalue weighted by atomic mass is 14.8. The van der Waals surface area contributed by atoms with Gasteiger partial charge in [0.25, 0.3) is 0 Å². The Balaban J connectivity index is 1.89. The van der Waals surface area contributed by atoms with Crippen molar-refractivity contribution < 1.29 is 0 Å². The number of hydrogen-bond donors (Lipinski definition) is 2. The van der Waals surface area contributed by atoms with Gasteiger partial charge in [-0.25, -0.2) is 0 Å². The lowest BCUT2D eigenvalue weighted by atomic mass is 9.73. The number of rotatable bonds is 1. The number of aryl methyl sites for hydroxylation is 1. The maximum absolute atomic E-state index is 6.88. The van der Waals surface area contributed by atoms with Crippen molar-refractivity contribution in [3.63, 3.8) is 0 Å². The zero-order chi connectivity index (χ0) is 16.0. The first-order valence-electron chi connectivity index (χ1n) is 8.40. The van der Waals surface area contributed by atoms with Crippen LogP contribution in [0.5, 0.6) is 0 Å². The maximum Gasteiger partial charge on any atom is 0.0708 e. The second-order valence-electron chi connectivity index (χ2n) is 6.90. The third kappa shape index (κ3) is 2.41. The van der Waals surface area contributed by atoms with E-state index in [-0.39, 0.29) is 6.04 Å². The first kappa shape index (κ1) is 14.6. The van der Waals surface area contributed by atoms with E-state index in [2.05, 4.69) is 41.4 Å². The summed E-state index contributed by atoms with van der Waals surface area (Å²) in [5, 5.41) is 1.14. The average Bonchev–Trinajstić information content (AvgIpc) is 2.55. The normalized spacial score (nSPS) is 27.3. The van der Waals surface area contributed by atoms with Crippen molar-refractivity contribution in [2.45, 2.75) is 44.2 Å². The van der Waals surface area contributed by atoms with Gasteiger partial charge in [-0.3, -0.25) is 4.98 Å².